The zero-order chi connectivity index (χ0) is 22.1. The van der Waals surface area contributed by atoms with Gasteiger partial charge in [0, 0.05) is 16.5 Å². The predicted molar refractivity (Wildman–Crippen MR) is 115 cm³/mol. The molecule has 2 aromatic carbocycles. The minimum absolute atomic E-state index is 0.113. The number of nitro groups is 1. The second kappa shape index (κ2) is 8.31. The molecule has 0 spiro atoms. The number of hydrogen-bond acceptors (Lipinski definition) is 6. The Morgan fingerprint density at radius 1 is 1.13 bits per heavy atom. The second-order valence-corrected chi connectivity index (χ2v) is 8.95. The van der Waals surface area contributed by atoms with E-state index in [1.165, 1.54) is 23.9 Å². The van der Waals surface area contributed by atoms with Crippen molar-refractivity contribution in [2.75, 3.05) is 0 Å². The van der Waals surface area contributed by atoms with E-state index in [4.69, 9.17) is 4.74 Å². The van der Waals surface area contributed by atoms with Crippen LogP contribution in [0.1, 0.15) is 42.4 Å². The van der Waals surface area contributed by atoms with Crippen molar-refractivity contribution < 1.29 is 14.5 Å². The van der Waals surface area contributed by atoms with Crippen molar-refractivity contribution in [2.45, 2.75) is 49.9 Å². The molecule has 0 fully saturated rings. The summed E-state index contributed by atoms with van der Waals surface area (Å²) in [6, 6.07) is 14.0. The zero-order valence-corrected chi connectivity index (χ0v) is 18.3. The number of aromatic nitrogens is 2. The minimum atomic E-state index is -0.668. The molecule has 8 heteroatoms. The van der Waals surface area contributed by atoms with E-state index in [0.717, 1.165) is 15.5 Å². The van der Waals surface area contributed by atoms with Crippen LogP contribution in [-0.4, -0.2) is 20.7 Å². The van der Waals surface area contributed by atoms with Crippen LogP contribution in [0.25, 0.3) is 0 Å². The third-order valence-electron chi connectivity index (χ3n) is 4.39. The number of ether oxygens (including phenoxy) is 1. The van der Waals surface area contributed by atoms with Crippen molar-refractivity contribution >= 4 is 23.4 Å². The maximum Gasteiger partial charge on any atom is 0.345 e. The molecule has 156 valence electrons. The van der Waals surface area contributed by atoms with Crippen molar-refractivity contribution in [1.29, 1.82) is 0 Å². The Balaban J connectivity index is 2.02. The number of hydrogen-bond donors (Lipinski definition) is 0. The lowest BCUT2D eigenvalue weighted by Gasteiger charge is -2.22. The summed E-state index contributed by atoms with van der Waals surface area (Å²) in [5.41, 5.74) is 0.768. The number of rotatable bonds is 5. The van der Waals surface area contributed by atoms with Gasteiger partial charge in [0.1, 0.15) is 0 Å². The van der Waals surface area contributed by atoms with Crippen LogP contribution in [-0.2, 0) is 5.54 Å². The molecular formula is C22H23N3O4S. The molecule has 7 nitrogen and oxygen atoms in total. The van der Waals surface area contributed by atoms with Crippen LogP contribution in [0.4, 0.5) is 5.69 Å². The summed E-state index contributed by atoms with van der Waals surface area (Å²) in [4.78, 5) is 25.3. The van der Waals surface area contributed by atoms with Crippen LogP contribution in [0.2, 0.25) is 0 Å². The third-order valence-corrected chi connectivity index (χ3v) is 5.58. The zero-order valence-electron chi connectivity index (χ0n) is 17.5. The summed E-state index contributed by atoms with van der Waals surface area (Å²) in [5.74, 6) is -0.347. The van der Waals surface area contributed by atoms with Gasteiger partial charge in [-0.05, 0) is 52.8 Å². The van der Waals surface area contributed by atoms with Crippen LogP contribution < -0.4 is 4.74 Å². The summed E-state index contributed by atoms with van der Waals surface area (Å²) < 4.78 is 7.45. The molecule has 0 atom stereocenters. The van der Waals surface area contributed by atoms with E-state index in [-0.39, 0.29) is 11.3 Å². The highest BCUT2D eigenvalue weighted by atomic mass is 32.2. The average Bonchev–Trinajstić information content (AvgIpc) is 2.98. The monoisotopic (exact) mass is 425 g/mol. The molecule has 1 aromatic heterocycles. The maximum absolute atomic E-state index is 12.9. The first-order chi connectivity index (χ1) is 14.1. The van der Waals surface area contributed by atoms with Gasteiger partial charge in [-0.3, -0.25) is 10.1 Å². The van der Waals surface area contributed by atoms with Crippen molar-refractivity contribution in [1.82, 2.24) is 9.78 Å². The fraction of sp³-hybridized carbons (Fsp3) is 0.273. The van der Waals surface area contributed by atoms with Gasteiger partial charge in [0.15, 0.2) is 0 Å². The maximum atomic E-state index is 12.9. The molecule has 0 unspecified atom stereocenters. The summed E-state index contributed by atoms with van der Waals surface area (Å²) in [6.07, 6.45) is 0. The van der Waals surface area contributed by atoms with Gasteiger partial charge < -0.3 is 4.74 Å². The topological polar surface area (TPSA) is 87.3 Å². The van der Waals surface area contributed by atoms with Crippen molar-refractivity contribution in [3.05, 3.63) is 75.5 Å². The first-order valence-electron chi connectivity index (χ1n) is 9.38. The van der Waals surface area contributed by atoms with Gasteiger partial charge in [-0.1, -0.05) is 36.0 Å². The normalized spacial score (nSPS) is 11.4. The highest BCUT2D eigenvalue weighted by Crippen LogP contribution is 2.40. The van der Waals surface area contributed by atoms with E-state index >= 15 is 0 Å². The van der Waals surface area contributed by atoms with Gasteiger partial charge in [0.05, 0.1) is 26.6 Å². The number of esters is 1. The summed E-state index contributed by atoms with van der Waals surface area (Å²) in [5, 5.41) is 15.8. The Morgan fingerprint density at radius 2 is 1.80 bits per heavy atom. The predicted octanol–water partition coefficient (Wildman–Crippen LogP) is 5.53. The van der Waals surface area contributed by atoms with Crippen molar-refractivity contribution in [2.24, 2.45) is 0 Å². The average molecular weight is 426 g/mol. The number of nitro benzene ring substituents is 1. The molecule has 30 heavy (non-hydrogen) atoms. The number of carbonyl (C=O) groups is 1. The highest BCUT2D eigenvalue weighted by Gasteiger charge is 2.28. The van der Waals surface area contributed by atoms with Gasteiger partial charge in [0.2, 0.25) is 5.88 Å². The van der Waals surface area contributed by atoms with E-state index in [0.29, 0.717) is 11.4 Å². The van der Waals surface area contributed by atoms with Gasteiger partial charge >= 0.3 is 5.97 Å². The van der Waals surface area contributed by atoms with Gasteiger partial charge in [-0.15, -0.1) is 0 Å². The molecule has 0 aliphatic heterocycles. The lowest BCUT2D eigenvalue weighted by Crippen LogP contribution is -2.25. The molecule has 3 aromatic rings. The number of carbonyl (C=O) groups excluding carboxylic acids is 1. The standard InChI is InChI=1S/C22H23N3O4S/c1-14-11-12-16(13-18(14)25(27)28)21(26)29-20-19(30-17-9-7-6-8-10-17)15(2)23-24(20)22(3,4)5/h6-13H,1-5H3. The number of benzene rings is 2. The SMILES string of the molecule is Cc1ccc(C(=O)Oc2c(Sc3ccccc3)c(C)nn2C(C)(C)C)cc1[N+](=O)[O-]. The second-order valence-electron chi connectivity index (χ2n) is 7.87. The molecule has 0 aliphatic carbocycles. The summed E-state index contributed by atoms with van der Waals surface area (Å²) in [7, 11) is 0. The first-order valence-corrected chi connectivity index (χ1v) is 10.2. The lowest BCUT2D eigenvalue weighted by atomic mass is 10.1. The highest BCUT2D eigenvalue weighted by molar-refractivity contribution is 7.99. The van der Waals surface area contributed by atoms with Crippen LogP contribution in [0.15, 0.2) is 58.3 Å². The number of aryl methyl sites for hydroxylation is 2. The van der Waals surface area contributed by atoms with Crippen LogP contribution in [0.3, 0.4) is 0 Å². The molecule has 0 bridgehead atoms. The van der Waals surface area contributed by atoms with Gasteiger partial charge in [-0.2, -0.15) is 5.10 Å². The Bertz CT molecular complexity index is 1100. The lowest BCUT2D eigenvalue weighted by molar-refractivity contribution is -0.385. The molecule has 0 aliphatic rings. The molecule has 0 amide bonds. The third kappa shape index (κ3) is 4.54. The fourth-order valence-corrected chi connectivity index (χ4v) is 3.77. The van der Waals surface area contributed by atoms with E-state index in [9.17, 15) is 14.9 Å². The smallest absolute Gasteiger partial charge is 0.345 e. The Labute approximate surface area is 179 Å². The summed E-state index contributed by atoms with van der Waals surface area (Å²) in [6.45, 7) is 9.38. The molecule has 0 saturated carbocycles. The van der Waals surface area contributed by atoms with Crippen LogP contribution in [0.5, 0.6) is 5.88 Å². The van der Waals surface area contributed by atoms with Crippen LogP contribution >= 0.6 is 11.8 Å². The quantitative estimate of drug-likeness (QED) is 0.303. The van der Waals surface area contributed by atoms with E-state index in [1.54, 1.807) is 17.7 Å². The number of nitrogens with zero attached hydrogens (tertiary/aromatic N) is 3. The largest absolute Gasteiger partial charge is 0.403 e. The Hall–Kier alpha value is -3.13. The van der Waals surface area contributed by atoms with Crippen LogP contribution in [0, 0.1) is 24.0 Å². The Morgan fingerprint density at radius 3 is 2.40 bits per heavy atom. The van der Waals surface area contributed by atoms with Crippen molar-refractivity contribution in [3.63, 3.8) is 0 Å². The minimum Gasteiger partial charge on any atom is -0.403 e. The van der Waals surface area contributed by atoms with E-state index in [2.05, 4.69) is 5.10 Å². The molecule has 0 saturated heterocycles. The van der Waals surface area contributed by atoms with E-state index < -0.39 is 16.4 Å². The Kier molecular flexibility index (Phi) is 5.98. The molecular weight excluding hydrogens is 402 g/mol. The summed E-state index contributed by atoms with van der Waals surface area (Å²) >= 11 is 1.46. The fourth-order valence-electron chi connectivity index (χ4n) is 2.84. The van der Waals surface area contributed by atoms with Crippen molar-refractivity contribution in [3.8, 4) is 5.88 Å². The van der Waals surface area contributed by atoms with E-state index in [1.807, 2.05) is 58.0 Å². The molecule has 0 radical (unpaired) electrons. The van der Waals surface area contributed by atoms with Gasteiger partial charge in [-0.25, -0.2) is 9.48 Å². The molecule has 3 rings (SSSR count). The molecule has 0 N–H and O–H groups in total. The molecule has 1 heterocycles. The first kappa shape index (κ1) is 21.6. The van der Waals surface area contributed by atoms with Gasteiger partial charge in [0.25, 0.3) is 5.69 Å².